The summed E-state index contributed by atoms with van der Waals surface area (Å²) in [7, 11) is 1.58. The van der Waals surface area contributed by atoms with Crippen molar-refractivity contribution < 1.29 is 23.5 Å². The van der Waals surface area contributed by atoms with Crippen molar-refractivity contribution in [2.45, 2.75) is 13.0 Å². The summed E-state index contributed by atoms with van der Waals surface area (Å²) in [5.41, 5.74) is 0.381. The molecule has 1 amide bonds. The van der Waals surface area contributed by atoms with E-state index >= 15 is 0 Å². The van der Waals surface area contributed by atoms with Gasteiger partial charge in [0.15, 0.2) is 17.3 Å². The first-order valence-electron chi connectivity index (χ1n) is 6.68. The van der Waals surface area contributed by atoms with Crippen LogP contribution in [0.4, 0.5) is 8.78 Å². The lowest BCUT2D eigenvalue weighted by molar-refractivity contribution is -0.137. The van der Waals surface area contributed by atoms with Crippen LogP contribution in [0.2, 0.25) is 0 Å². The van der Waals surface area contributed by atoms with E-state index in [-0.39, 0.29) is 25.2 Å². The largest absolute Gasteiger partial charge is 0.481 e. The molecule has 2 aromatic rings. The Morgan fingerprint density at radius 3 is 2.61 bits per heavy atom. The van der Waals surface area contributed by atoms with Gasteiger partial charge in [-0.3, -0.25) is 14.3 Å². The van der Waals surface area contributed by atoms with E-state index in [1.165, 1.54) is 21.8 Å². The number of amides is 1. The molecule has 122 valence electrons. The Balaban J connectivity index is 2.20. The predicted molar refractivity (Wildman–Crippen MR) is 74.4 cm³/mol. The van der Waals surface area contributed by atoms with Crippen LogP contribution in [-0.2, 0) is 18.4 Å². The third-order valence-electron chi connectivity index (χ3n) is 3.06. The van der Waals surface area contributed by atoms with Crippen molar-refractivity contribution in [1.29, 1.82) is 0 Å². The van der Waals surface area contributed by atoms with Crippen LogP contribution >= 0.6 is 0 Å². The minimum atomic E-state index is -1.08. The van der Waals surface area contributed by atoms with Gasteiger partial charge in [-0.05, 0) is 17.7 Å². The summed E-state index contributed by atoms with van der Waals surface area (Å²) in [4.78, 5) is 24.3. The first-order valence-corrected chi connectivity index (χ1v) is 6.68. The molecule has 0 saturated heterocycles. The fraction of sp³-hybridized carbons (Fsp3) is 0.286. The molecule has 0 spiro atoms. The number of aromatic nitrogens is 3. The van der Waals surface area contributed by atoms with Crippen LogP contribution in [0, 0.1) is 11.6 Å². The highest BCUT2D eigenvalue weighted by Gasteiger charge is 2.20. The first kappa shape index (κ1) is 16.5. The van der Waals surface area contributed by atoms with E-state index in [2.05, 4.69) is 10.3 Å². The summed E-state index contributed by atoms with van der Waals surface area (Å²) in [5, 5.41) is 16.1. The van der Waals surface area contributed by atoms with Gasteiger partial charge in [0.1, 0.15) is 0 Å². The van der Waals surface area contributed by atoms with E-state index in [9.17, 15) is 18.4 Å². The standard InChI is InChI=1S/C14H14F2N4O3/c1-19-8-12(17-18-19)14(23)20(5-4-13(21)22)7-9-2-3-10(15)11(16)6-9/h2-3,6,8H,4-5,7H2,1H3,(H,21,22). The summed E-state index contributed by atoms with van der Waals surface area (Å²) >= 11 is 0. The Bertz CT molecular complexity index is 733. The molecule has 23 heavy (non-hydrogen) atoms. The quantitative estimate of drug-likeness (QED) is 0.863. The van der Waals surface area contributed by atoms with E-state index in [0.29, 0.717) is 5.56 Å². The average molecular weight is 324 g/mol. The highest BCUT2D eigenvalue weighted by atomic mass is 19.2. The van der Waals surface area contributed by atoms with E-state index in [1.807, 2.05) is 0 Å². The maximum atomic E-state index is 13.3. The fourth-order valence-corrected chi connectivity index (χ4v) is 1.95. The molecule has 1 aromatic heterocycles. The van der Waals surface area contributed by atoms with Gasteiger partial charge in [0, 0.05) is 20.1 Å². The van der Waals surface area contributed by atoms with Gasteiger partial charge in [-0.15, -0.1) is 5.10 Å². The van der Waals surface area contributed by atoms with Crippen LogP contribution in [0.15, 0.2) is 24.4 Å². The van der Waals surface area contributed by atoms with Crippen molar-refractivity contribution in [2.75, 3.05) is 6.54 Å². The molecule has 0 atom stereocenters. The lowest BCUT2D eigenvalue weighted by Crippen LogP contribution is -2.33. The predicted octanol–water partition coefficient (Wildman–Crippen LogP) is 1.21. The van der Waals surface area contributed by atoms with Crippen molar-refractivity contribution in [1.82, 2.24) is 19.9 Å². The Labute approximate surface area is 130 Å². The second-order valence-electron chi connectivity index (χ2n) is 4.90. The summed E-state index contributed by atoms with van der Waals surface area (Å²) in [6.45, 7) is -0.163. The van der Waals surface area contributed by atoms with Gasteiger partial charge in [-0.1, -0.05) is 11.3 Å². The molecule has 7 nitrogen and oxygen atoms in total. The minimum Gasteiger partial charge on any atom is -0.481 e. The van der Waals surface area contributed by atoms with Crippen molar-refractivity contribution in [3.8, 4) is 0 Å². The molecule has 0 unspecified atom stereocenters. The molecule has 0 radical (unpaired) electrons. The summed E-state index contributed by atoms with van der Waals surface area (Å²) in [6.07, 6.45) is 1.11. The number of halogens is 2. The second kappa shape index (κ2) is 6.95. The molecule has 2 rings (SSSR count). The van der Waals surface area contributed by atoms with Crippen LogP contribution in [0.25, 0.3) is 0 Å². The molecular weight excluding hydrogens is 310 g/mol. The number of aliphatic carboxylic acids is 1. The Morgan fingerprint density at radius 1 is 1.30 bits per heavy atom. The van der Waals surface area contributed by atoms with E-state index in [4.69, 9.17) is 5.11 Å². The van der Waals surface area contributed by atoms with E-state index < -0.39 is 23.5 Å². The van der Waals surface area contributed by atoms with Gasteiger partial charge >= 0.3 is 5.97 Å². The van der Waals surface area contributed by atoms with Gasteiger partial charge in [0.05, 0.1) is 12.6 Å². The number of hydrogen-bond acceptors (Lipinski definition) is 4. The number of rotatable bonds is 6. The maximum Gasteiger partial charge on any atom is 0.305 e. The van der Waals surface area contributed by atoms with Gasteiger partial charge in [-0.25, -0.2) is 8.78 Å². The van der Waals surface area contributed by atoms with Crippen LogP contribution in [-0.4, -0.2) is 43.4 Å². The molecular formula is C14H14F2N4O3. The monoisotopic (exact) mass is 324 g/mol. The number of nitrogens with zero attached hydrogens (tertiary/aromatic N) is 4. The van der Waals surface area contributed by atoms with Crippen LogP contribution in [0.3, 0.4) is 0 Å². The molecule has 0 aliphatic heterocycles. The Kier molecular flexibility index (Phi) is 4.99. The molecule has 9 heteroatoms. The highest BCUT2D eigenvalue weighted by molar-refractivity contribution is 5.92. The zero-order valence-corrected chi connectivity index (χ0v) is 12.2. The summed E-state index contributed by atoms with van der Waals surface area (Å²) < 4.78 is 27.6. The van der Waals surface area contributed by atoms with Gasteiger partial charge in [-0.2, -0.15) is 0 Å². The number of carbonyl (C=O) groups is 2. The molecule has 0 aliphatic carbocycles. The smallest absolute Gasteiger partial charge is 0.305 e. The third-order valence-corrected chi connectivity index (χ3v) is 3.06. The zero-order valence-electron chi connectivity index (χ0n) is 12.2. The van der Waals surface area contributed by atoms with Crippen molar-refractivity contribution >= 4 is 11.9 Å². The average Bonchev–Trinajstić information content (AvgIpc) is 2.92. The number of aryl methyl sites for hydroxylation is 1. The van der Waals surface area contributed by atoms with Gasteiger partial charge in [0.25, 0.3) is 5.91 Å². The number of carbonyl (C=O) groups excluding carboxylic acids is 1. The van der Waals surface area contributed by atoms with Crippen molar-refractivity contribution in [2.24, 2.45) is 7.05 Å². The molecule has 0 aliphatic rings. The summed E-state index contributed by atoms with van der Waals surface area (Å²) in [5.74, 6) is -3.64. The lowest BCUT2D eigenvalue weighted by Gasteiger charge is -2.21. The molecule has 0 bridgehead atoms. The Hall–Kier alpha value is -2.84. The van der Waals surface area contributed by atoms with Gasteiger partial charge < -0.3 is 10.0 Å². The third kappa shape index (κ3) is 4.31. The molecule has 1 N–H and O–H groups in total. The number of carboxylic acids is 1. The zero-order chi connectivity index (χ0) is 17.0. The molecule has 1 aromatic carbocycles. The van der Waals surface area contributed by atoms with Crippen LogP contribution in [0.5, 0.6) is 0 Å². The van der Waals surface area contributed by atoms with E-state index in [0.717, 1.165) is 12.1 Å². The van der Waals surface area contributed by atoms with Gasteiger partial charge in [0.2, 0.25) is 0 Å². The lowest BCUT2D eigenvalue weighted by atomic mass is 10.2. The Morgan fingerprint density at radius 2 is 2.04 bits per heavy atom. The first-order chi connectivity index (χ1) is 10.9. The number of carboxylic acid groups (broad SMARTS) is 1. The maximum absolute atomic E-state index is 13.3. The number of hydrogen-bond donors (Lipinski definition) is 1. The topological polar surface area (TPSA) is 88.3 Å². The molecule has 1 heterocycles. The number of benzene rings is 1. The summed E-state index contributed by atoms with van der Waals surface area (Å²) in [6, 6.07) is 3.25. The normalized spacial score (nSPS) is 10.6. The second-order valence-corrected chi connectivity index (χ2v) is 4.90. The SMILES string of the molecule is Cn1cc(C(=O)N(CCC(=O)O)Cc2ccc(F)c(F)c2)nn1. The van der Waals surface area contributed by atoms with E-state index in [1.54, 1.807) is 7.05 Å². The highest BCUT2D eigenvalue weighted by Crippen LogP contribution is 2.13. The van der Waals surface area contributed by atoms with Crippen LogP contribution in [0.1, 0.15) is 22.5 Å². The van der Waals surface area contributed by atoms with Crippen molar-refractivity contribution in [3.63, 3.8) is 0 Å². The fourth-order valence-electron chi connectivity index (χ4n) is 1.95. The minimum absolute atomic E-state index is 0.0421. The molecule has 0 saturated carbocycles. The van der Waals surface area contributed by atoms with Crippen molar-refractivity contribution in [3.05, 3.63) is 47.3 Å². The molecule has 0 fully saturated rings. The van der Waals surface area contributed by atoms with Crippen LogP contribution < -0.4 is 0 Å².